The van der Waals surface area contributed by atoms with E-state index in [-0.39, 0.29) is 0 Å². The van der Waals surface area contributed by atoms with Gasteiger partial charge >= 0.3 is 0 Å². The minimum Gasteiger partial charge on any atom is -0.382 e. The summed E-state index contributed by atoms with van der Waals surface area (Å²) in [5.41, 5.74) is 6.61. The SMILES string of the molecule is CSc1c(N)nsc1N1CCC2(CCCC2)CC1. The summed E-state index contributed by atoms with van der Waals surface area (Å²) in [6.07, 6.45) is 10.6. The molecule has 100 valence electrons. The number of thioether (sulfide) groups is 1. The molecule has 1 aromatic rings. The van der Waals surface area contributed by atoms with Gasteiger partial charge in [-0.2, -0.15) is 4.37 Å². The Balaban J connectivity index is 1.72. The van der Waals surface area contributed by atoms with Gasteiger partial charge in [0.05, 0.1) is 4.90 Å². The average molecular weight is 283 g/mol. The van der Waals surface area contributed by atoms with Gasteiger partial charge in [0.25, 0.3) is 0 Å². The lowest BCUT2D eigenvalue weighted by Gasteiger charge is -2.40. The van der Waals surface area contributed by atoms with E-state index in [1.165, 1.54) is 61.5 Å². The largest absolute Gasteiger partial charge is 0.382 e. The van der Waals surface area contributed by atoms with Gasteiger partial charge in [0, 0.05) is 13.1 Å². The van der Waals surface area contributed by atoms with E-state index in [4.69, 9.17) is 5.73 Å². The highest BCUT2D eigenvalue weighted by Gasteiger charge is 2.37. The summed E-state index contributed by atoms with van der Waals surface area (Å²) >= 11 is 3.30. The quantitative estimate of drug-likeness (QED) is 0.842. The third-order valence-corrected chi connectivity index (χ3v) is 6.50. The van der Waals surface area contributed by atoms with Crippen molar-refractivity contribution >= 4 is 34.1 Å². The fourth-order valence-corrected chi connectivity index (χ4v) is 5.23. The first-order valence-corrected chi connectivity index (χ1v) is 8.78. The molecule has 3 rings (SSSR count). The smallest absolute Gasteiger partial charge is 0.153 e. The van der Waals surface area contributed by atoms with Crippen LogP contribution < -0.4 is 10.6 Å². The molecule has 0 unspecified atom stereocenters. The Bertz CT molecular complexity index is 414. The molecule has 0 radical (unpaired) electrons. The number of nitrogens with zero attached hydrogens (tertiary/aromatic N) is 2. The van der Waals surface area contributed by atoms with E-state index >= 15 is 0 Å². The van der Waals surface area contributed by atoms with Crippen LogP contribution in [-0.4, -0.2) is 23.7 Å². The van der Waals surface area contributed by atoms with Crippen LogP contribution in [0.5, 0.6) is 0 Å². The summed E-state index contributed by atoms with van der Waals surface area (Å²) in [7, 11) is 0. The lowest BCUT2D eigenvalue weighted by Crippen LogP contribution is -2.38. The molecule has 1 saturated heterocycles. The van der Waals surface area contributed by atoms with Crippen LogP contribution in [-0.2, 0) is 0 Å². The highest BCUT2D eigenvalue weighted by atomic mass is 32.2. The second kappa shape index (κ2) is 4.93. The van der Waals surface area contributed by atoms with Crippen LogP contribution in [0.25, 0.3) is 0 Å². The predicted molar refractivity (Wildman–Crippen MR) is 80.7 cm³/mol. The molecule has 1 aliphatic heterocycles. The standard InChI is InChI=1S/C13H21N3S2/c1-17-10-11(14)15-18-12(10)16-8-6-13(7-9-16)4-2-3-5-13/h2-9H2,1H3,(H2,14,15). The molecule has 3 nitrogen and oxygen atoms in total. The minimum absolute atomic E-state index is 0.687. The molecule has 1 aromatic heterocycles. The van der Waals surface area contributed by atoms with Crippen molar-refractivity contribution < 1.29 is 0 Å². The first-order valence-electron chi connectivity index (χ1n) is 6.78. The van der Waals surface area contributed by atoms with Gasteiger partial charge in [-0.25, -0.2) is 0 Å². The normalized spacial score (nSPS) is 22.8. The van der Waals surface area contributed by atoms with Gasteiger partial charge in [0.2, 0.25) is 0 Å². The Hall–Kier alpha value is -0.420. The molecule has 1 aliphatic carbocycles. The Kier molecular flexibility index (Phi) is 3.45. The number of nitrogen functional groups attached to an aromatic ring is 1. The molecule has 1 spiro atoms. The number of hydrogen-bond donors (Lipinski definition) is 1. The van der Waals surface area contributed by atoms with Crippen molar-refractivity contribution in [3.8, 4) is 0 Å². The average Bonchev–Trinajstić information content (AvgIpc) is 2.98. The molecule has 1 saturated carbocycles. The number of anilines is 2. The lowest BCUT2D eigenvalue weighted by atomic mass is 9.77. The molecule has 2 heterocycles. The molecule has 2 N–H and O–H groups in total. The molecule has 0 atom stereocenters. The van der Waals surface area contributed by atoms with Crippen LogP contribution in [0.1, 0.15) is 38.5 Å². The molecule has 0 aromatic carbocycles. The van der Waals surface area contributed by atoms with Gasteiger partial charge < -0.3 is 10.6 Å². The number of aromatic nitrogens is 1. The Labute approximate surface area is 117 Å². The molecule has 0 amide bonds. The lowest BCUT2D eigenvalue weighted by molar-refractivity contribution is 0.227. The maximum absolute atomic E-state index is 5.93. The molecule has 5 heteroatoms. The van der Waals surface area contributed by atoms with Gasteiger partial charge in [-0.15, -0.1) is 11.8 Å². The summed E-state index contributed by atoms with van der Waals surface area (Å²) in [5, 5.41) is 1.30. The van der Waals surface area contributed by atoms with Gasteiger partial charge in [-0.3, -0.25) is 0 Å². The Morgan fingerprint density at radius 2 is 1.89 bits per heavy atom. The van der Waals surface area contributed by atoms with Crippen molar-refractivity contribution in [2.24, 2.45) is 5.41 Å². The zero-order valence-corrected chi connectivity index (χ0v) is 12.6. The van der Waals surface area contributed by atoms with E-state index in [1.54, 1.807) is 23.3 Å². The van der Waals surface area contributed by atoms with Gasteiger partial charge in [-0.1, -0.05) is 12.8 Å². The predicted octanol–water partition coefficient (Wildman–Crippen LogP) is 3.61. The van der Waals surface area contributed by atoms with Crippen LogP contribution >= 0.6 is 23.3 Å². The summed E-state index contributed by atoms with van der Waals surface area (Å²) in [6.45, 7) is 2.38. The maximum Gasteiger partial charge on any atom is 0.153 e. The van der Waals surface area contributed by atoms with Crippen LogP contribution in [0.2, 0.25) is 0 Å². The third-order valence-electron chi connectivity index (χ3n) is 4.64. The van der Waals surface area contributed by atoms with Crippen molar-refractivity contribution in [3.63, 3.8) is 0 Å². The molecule has 2 fully saturated rings. The summed E-state index contributed by atoms with van der Waals surface area (Å²) in [6, 6.07) is 0. The van der Waals surface area contributed by atoms with Crippen molar-refractivity contribution in [2.45, 2.75) is 43.4 Å². The molecular formula is C13H21N3S2. The third kappa shape index (κ3) is 2.11. The van der Waals surface area contributed by atoms with Gasteiger partial charge in [0.15, 0.2) is 5.82 Å². The molecule has 18 heavy (non-hydrogen) atoms. The summed E-state index contributed by atoms with van der Waals surface area (Å²) < 4.78 is 4.31. The molecule has 0 bridgehead atoms. The summed E-state index contributed by atoms with van der Waals surface area (Å²) in [4.78, 5) is 3.69. The van der Waals surface area contributed by atoms with E-state index in [0.717, 1.165) is 0 Å². The fourth-order valence-electron chi connectivity index (χ4n) is 3.49. The monoisotopic (exact) mass is 283 g/mol. The van der Waals surface area contributed by atoms with Crippen molar-refractivity contribution in [2.75, 3.05) is 30.0 Å². The van der Waals surface area contributed by atoms with E-state index in [0.29, 0.717) is 11.2 Å². The van der Waals surface area contributed by atoms with Gasteiger partial charge in [-0.05, 0) is 48.9 Å². The van der Waals surface area contributed by atoms with Crippen LogP contribution in [0.3, 0.4) is 0 Å². The van der Waals surface area contributed by atoms with Crippen molar-refractivity contribution in [1.29, 1.82) is 0 Å². The number of rotatable bonds is 2. The minimum atomic E-state index is 0.687. The second-order valence-electron chi connectivity index (χ2n) is 5.60. The van der Waals surface area contributed by atoms with Crippen molar-refractivity contribution in [1.82, 2.24) is 4.37 Å². The van der Waals surface area contributed by atoms with Crippen LogP contribution in [0.4, 0.5) is 10.8 Å². The highest BCUT2D eigenvalue weighted by molar-refractivity contribution is 7.99. The molecular weight excluding hydrogens is 262 g/mol. The Morgan fingerprint density at radius 1 is 1.22 bits per heavy atom. The van der Waals surface area contributed by atoms with Gasteiger partial charge in [0.1, 0.15) is 5.00 Å². The zero-order chi connectivity index (χ0) is 12.6. The second-order valence-corrected chi connectivity index (χ2v) is 7.17. The summed E-state index contributed by atoms with van der Waals surface area (Å²) in [5.74, 6) is 0.712. The zero-order valence-electron chi connectivity index (χ0n) is 10.9. The van der Waals surface area contributed by atoms with Crippen LogP contribution in [0.15, 0.2) is 4.90 Å². The number of nitrogens with two attached hydrogens (primary N) is 1. The topological polar surface area (TPSA) is 42.1 Å². The van der Waals surface area contributed by atoms with Crippen LogP contribution in [0, 0.1) is 5.41 Å². The fraction of sp³-hybridized carbons (Fsp3) is 0.769. The maximum atomic E-state index is 5.93. The Morgan fingerprint density at radius 3 is 2.50 bits per heavy atom. The first kappa shape index (κ1) is 12.6. The van der Waals surface area contributed by atoms with E-state index < -0.39 is 0 Å². The number of piperidine rings is 1. The van der Waals surface area contributed by atoms with Crippen molar-refractivity contribution in [3.05, 3.63) is 0 Å². The highest BCUT2D eigenvalue weighted by Crippen LogP contribution is 2.48. The number of hydrogen-bond acceptors (Lipinski definition) is 5. The van der Waals surface area contributed by atoms with E-state index in [9.17, 15) is 0 Å². The van der Waals surface area contributed by atoms with E-state index in [1.807, 2.05) is 0 Å². The molecule has 2 aliphatic rings. The first-order chi connectivity index (χ1) is 8.74. The van der Waals surface area contributed by atoms with E-state index in [2.05, 4.69) is 15.5 Å².